The summed E-state index contributed by atoms with van der Waals surface area (Å²) < 4.78 is 5.67. The van der Waals surface area contributed by atoms with E-state index in [2.05, 4.69) is 33.6 Å². The number of morpholine rings is 1. The minimum atomic E-state index is 0.211. The fourth-order valence-electron chi connectivity index (χ4n) is 2.18. The summed E-state index contributed by atoms with van der Waals surface area (Å²) in [7, 11) is 0. The van der Waals surface area contributed by atoms with E-state index in [0.717, 1.165) is 48.7 Å². The summed E-state index contributed by atoms with van der Waals surface area (Å²) in [6.07, 6.45) is 2.87. The van der Waals surface area contributed by atoms with Crippen molar-refractivity contribution in [3.05, 3.63) is 17.3 Å². The minimum absolute atomic E-state index is 0.211. The number of hydrogen-bond donors (Lipinski definition) is 2. The third-order valence-electron chi connectivity index (χ3n) is 3.23. The maximum absolute atomic E-state index is 5.67. The number of nitrogens with one attached hydrogen (secondary N) is 2. The molecule has 0 spiro atoms. The summed E-state index contributed by atoms with van der Waals surface area (Å²) in [4.78, 5) is 11.1. The highest BCUT2D eigenvalue weighted by molar-refractivity contribution is 7.18. The molecule has 0 saturated carbocycles. The van der Waals surface area contributed by atoms with Crippen LogP contribution in [0.25, 0.3) is 10.2 Å². The molecule has 1 aliphatic heterocycles. The van der Waals surface area contributed by atoms with E-state index in [0.29, 0.717) is 0 Å². The van der Waals surface area contributed by atoms with Crippen LogP contribution in [-0.4, -0.2) is 42.3 Å². The molecule has 0 radical (unpaired) electrons. The molecule has 2 aromatic heterocycles. The van der Waals surface area contributed by atoms with Crippen molar-refractivity contribution in [1.82, 2.24) is 15.3 Å². The van der Waals surface area contributed by atoms with E-state index in [4.69, 9.17) is 4.74 Å². The van der Waals surface area contributed by atoms with E-state index in [9.17, 15) is 0 Å². The Morgan fingerprint density at radius 1 is 1.53 bits per heavy atom. The second-order valence-electron chi connectivity index (χ2n) is 4.59. The second-order valence-corrected chi connectivity index (χ2v) is 5.70. The van der Waals surface area contributed by atoms with Crippen LogP contribution >= 0.6 is 11.3 Å². The van der Waals surface area contributed by atoms with Gasteiger partial charge in [0.05, 0.1) is 18.1 Å². The predicted molar refractivity (Wildman–Crippen MR) is 77.9 cm³/mol. The summed E-state index contributed by atoms with van der Waals surface area (Å²) in [5, 5.41) is 7.83. The zero-order valence-electron chi connectivity index (χ0n) is 11.0. The molecule has 2 N–H and O–H groups in total. The second kappa shape index (κ2) is 5.81. The van der Waals surface area contributed by atoms with Crippen molar-refractivity contribution in [2.45, 2.75) is 19.4 Å². The van der Waals surface area contributed by atoms with Crippen LogP contribution in [0.4, 0.5) is 5.82 Å². The number of rotatable bonds is 4. The Balaban J connectivity index is 1.74. The van der Waals surface area contributed by atoms with Crippen LogP contribution in [0.3, 0.4) is 0 Å². The van der Waals surface area contributed by atoms with E-state index < -0.39 is 0 Å². The van der Waals surface area contributed by atoms with Gasteiger partial charge in [0.25, 0.3) is 0 Å². The number of aromatic nitrogens is 2. The highest BCUT2D eigenvalue weighted by Crippen LogP contribution is 2.28. The van der Waals surface area contributed by atoms with Crippen LogP contribution in [0.2, 0.25) is 0 Å². The van der Waals surface area contributed by atoms with Gasteiger partial charge in [-0.3, -0.25) is 0 Å². The van der Waals surface area contributed by atoms with Crippen molar-refractivity contribution in [2.24, 2.45) is 0 Å². The molecular formula is C13H18N4OS. The Morgan fingerprint density at radius 3 is 3.26 bits per heavy atom. The molecule has 19 heavy (non-hydrogen) atoms. The van der Waals surface area contributed by atoms with Crippen LogP contribution in [0.5, 0.6) is 0 Å². The summed E-state index contributed by atoms with van der Waals surface area (Å²) in [6, 6.07) is 2.18. The van der Waals surface area contributed by atoms with Crippen molar-refractivity contribution in [1.29, 1.82) is 0 Å². The van der Waals surface area contributed by atoms with Gasteiger partial charge >= 0.3 is 0 Å². The normalized spacial score (nSPS) is 19.7. The number of nitrogens with zero attached hydrogens (tertiary/aromatic N) is 2. The summed E-state index contributed by atoms with van der Waals surface area (Å²) in [5.74, 6) is 0.912. The van der Waals surface area contributed by atoms with Crippen LogP contribution < -0.4 is 10.6 Å². The lowest BCUT2D eigenvalue weighted by Gasteiger charge is -2.24. The molecule has 102 valence electrons. The molecule has 1 unspecified atom stereocenters. The zero-order chi connectivity index (χ0) is 13.1. The largest absolute Gasteiger partial charge is 0.374 e. The lowest BCUT2D eigenvalue weighted by molar-refractivity contribution is 0.0372. The Hall–Kier alpha value is -1.24. The average molecular weight is 278 g/mol. The predicted octanol–water partition coefficient (Wildman–Crippen LogP) is 1.65. The first-order valence-electron chi connectivity index (χ1n) is 6.66. The fourth-order valence-corrected chi connectivity index (χ4v) is 3.12. The van der Waals surface area contributed by atoms with Crippen molar-refractivity contribution < 1.29 is 4.74 Å². The highest BCUT2D eigenvalue weighted by atomic mass is 32.1. The van der Waals surface area contributed by atoms with Gasteiger partial charge in [0.15, 0.2) is 0 Å². The highest BCUT2D eigenvalue weighted by Gasteiger charge is 2.14. The molecule has 3 rings (SSSR count). The number of aryl methyl sites for hydroxylation is 1. The number of ether oxygens (including phenoxy) is 1. The average Bonchev–Trinajstić information content (AvgIpc) is 2.90. The van der Waals surface area contributed by atoms with Gasteiger partial charge in [-0.15, -0.1) is 11.3 Å². The fraction of sp³-hybridized carbons (Fsp3) is 0.538. The van der Waals surface area contributed by atoms with Crippen LogP contribution in [0.15, 0.2) is 12.4 Å². The molecule has 0 bridgehead atoms. The number of hydrogen-bond acceptors (Lipinski definition) is 6. The molecule has 1 atom stereocenters. The van der Waals surface area contributed by atoms with Crippen molar-refractivity contribution in [3.63, 3.8) is 0 Å². The van der Waals surface area contributed by atoms with Gasteiger partial charge < -0.3 is 15.4 Å². The maximum atomic E-state index is 5.67. The standard InChI is InChI=1S/C13H18N4OS/c1-2-10-5-11-12(16-8-17-13(11)19-10)15-7-9-6-14-3-4-18-9/h5,8-9,14H,2-4,6-7H2,1H3,(H,15,16,17). The first kappa shape index (κ1) is 12.8. The smallest absolute Gasteiger partial charge is 0.138 e. The molecule has 1 aliphatic rings. The Kier molecular flexibility index (Phi) is 3.91. The Morgan fingerprint density at radius 2 is 2.47 bits per heavy atom. The third-order valence-corrected chi connectivity index (χ3v) is 4.42. The first-order valence-corrected chi connectivity index (χ1v) is 7.48. The summed E-state index contributed by atoms with van der Waals surface area (Å²) in [5.41, 5.74) is 0. The SMILES string of the molecule is CCc1cc2c(NCC3CNCCO3)ncnc2s1. The number of thiophene rings is 1. The summed E-state index contributed by atoms with van der Waals surface area (Å²) >= 11 is 1.74. The summed E-state index contributed by atoms with van der Waals surface area (Å²) in [6.45, 7) is 5.55. The monoisotopic (exact) mass is 278 g/mol. The van der Waals surface area contributed by atoms with Crippen LogP contribution in [0, 0.1) is 0 Å². The molecule has 5 nitrogen and oxygen atoms in total. The molecule has 1 saturated heterocycles. The third kappa shape index (κ3) is 2.86. The van der Waals surface area contributed by atoms with E-state index in [1.54, 1.807) is 17.7 Å². The number of anilines is 1. The van der Waals surface area contributed by atoms with E-state index in [1.165, 1.54) is 4.88 Å². The van der Waals surface area contributed by atoms with Gasteiger partial charge in [0, 0.05) is 24.5 Å². The van der Waals surface area contributed by atoms with Crippen LogP contribution in [-0.2, 0) is 11.2 Å². The van der Waals surface area contributed by atoms with Crippen LogP contribution in [0.1, 0.15) is 11.8 Å². The molecule has 6 heteroatoms. The molecular weight excluding hydrogens is 260 g/mol. The van der Waals surface area contributed by atoms with Gasteiger partial charge in [-0.05, 0) is 12.5 Å². The number of fused-ring (bicyclic) bond motifs is 1. The maximum Gasteiger partial charge on any atom is 0.138 e. The van der Waals surface area contributed by atoms with Gasteiger partial charge in [-0.1, -0.05) is 6.92 Å². The first-order chi connectivity index (χ1) is 9.36. The molecule has 0 aromatic carbocycles. The van der Waals surface area contributed by atoms with Gasteiger partial charge in [-0.25, -0.2) is 9.97 Å². The van der Waals surface area contributed by atoms with Gasteiger partial charge in [0.2, 0.25) is 0 Å². The zero-order valence-corrected chi connectivity index (χ0v) is 11.8. The molecule has 0 aliphatic carbocycles. The molecule has 3 heterocycles. The molecule has 1 fully saturated rings. The lowest BCUT2D eigenvalue weighted by Crippen LogP contribution is -2.42. The van der Waals surface area contributed by atoms with Crippen molar-refractivity contribution in [2.75, 3.05) is 31.6 Å². The Labute approximate surface area is 116 Å². The van der Waals surface area contributed by atoms with E-state index >= 15 is 0 Å². The topological polar surface area (TPSA) is 59.1 Å². The van der Waals surface area contributed by atoms with Crippen molar-refractivity contribution >= 4 is 27.4 Å². The molecule has 2 aromatic rings. The van der Waals surface area contributed by atoms with E-state index in [1.807, 2.05) is 0 Å². The minimum Gasteiger partial charge on any atom is -0.374 e. The quantitative estimate of drug-likeness (QED) is 0.890. The van der Waals surface area contributed by atoms with Gasteiger partial charge in [-0.2, -0.15) is 0 Å². The van der Waals surface area contributed by atoms with Gasteiger partial charge in [0.1, 0.15) is 17.0 Å². The molecule has 0 amide bonds. The van der Waals surface area contributed by atoms with E-state index in [-0.39, 0.29) is 6.10 Å². The lowest BCUT2D eigenvalue weighted by atomic mass is 10.3. The van der Waals surface area contributed by atoms with Crippen molar-refractivity contribution in [3.8, 4) is 0 Å². The Bertz CT molecular complexity index is 551.